The van der Waals surface area contributed by atoms with E-state index in [9.17, 15) is 9.18 Å². The largest absolute Gasteiger partial charge is 0.493 e. The van der Waals surface area contributed by atoms with Gasteiger partial charge in [-0.3, -0.25) is 4.79 Å². The van der Waals surface area contributed by atoms with E-state index in [0.29, 0.717) is 41.2 Å². The number of benzene rings is 2. The van der Waals surface area contributed by atoms with Gasteiger partial charge >= 0.3 is 5.97 Å². The summed E-state index contributed by atoms with van der Waals surface area (Å²) in [5, 5.41) is 6.65. The topological polar surface area (TPSA) is 94.6 Å². The maximum atomic E-state index is 14.4. The van der Waals surface area contributed by atoms with Gasteiger partial charge in [-0.05, 0) is 18.2 Å². The summed E-state index contributed by atoms with van der Waals surface area (Å²) in [4.78, 5) is 20.3. The highest BCUT2D eigenvalue weighted by molar-refractivity contribution is 6.31. The van der Waals surface area contributed by atoms with Crippen molar-refractivity contribution < 1.29 is 23.4 Å². The second-order valence-corrected chi connectivity index (χ2v) is 7.34. The fourth-order valence-corrected chi connectivity index (χ4v) is 3.61. The van der Waals surface area contributed by atoms with Crippen LogP contribution in [-0.4, -0.2) is 48.8 Å². The molecule has 0 unspecified atom stereocenters. The number of methoxy groups -OCH3 is 2. The van der Waals surface area contributed by atoms with Crippen LogP contribution in [0.4, 0.5) is 15.9 Å². The Balaban J connectivity index is 0.00000289. The predicted octanol–water partition coefficient (Wildman–Crippen LogP) is 3.88. The molecule has 2 N–H and O–H groups in total. The zero-order chi connectivity index (χ0) is 22.0. The first-order valence-electron chi connectivity index (χ1n) is 9.51. The number of carbonyl (C=O) groups excluding carboxylic acids is 1. The van der Waals surface area contributed by atoms with Crippen molar-refractivity contribution in [2.75, 3.05) is 26.1 Å². The van der Waals surface area contributed by atoms with Crippen molar-refractivity contribution in [3.63, 3.8) is 0 Å². The Kier molecular flexibility index (Phi) is 7.55. The van der Waals surface area contributed by atoms with Crippen LogP contribution in [0, 0.1) is 5.82 Å². The van der Waals surface area contributed by atoms with Crippen molar-refractivity contribution in [1.29, 1.82) is 0 Å². The number of anilines is 2. The monoisotopic (exact) mass is 482 g/mol. The van der Waals surface area contributed by atoms with Crippen LogP contribution in [0.1, 0.15) is 6.42 Å². The molecular weight excluding hydrogens is 462 g/mol. The molecule has 1 saturated heterocycles. The van der Waals surface area contributed by atoms with Gasteiger partial charge < -0.3 is 24.8 Å². The van der Waals surface area contributed by atoms with E-state index in [4.69, 9.17) is 25.8 Å². The quantitative estimate of drug-likeness (QED) is 0.511. The molecule has 0 aliphatic carbocycles. The summed E-state index contributed by atoms with van der Waals surface area (Å²) < 4.78 is 30.7. The lowest BCUT2D eigenvalue weighted by Crippen LogP contribution is -2.31. The summed E-state index contributed by atoms with van der Waals surface area (Å²) in [6.07, 6.45) is 1.56. The van der Waals surface area contributed by atoms with Gasteiger partial charge in [0.2, 0.25) is 0 Å². The number of esters is 1. The molecule has 1 aliphatic heterocycles. The molecule has 0 saturated carbocycles. The first kappa shape index (κ1) is 23.8. The van der Waals surface area contributed by atoms with E-state index in [0.717, 1.165) is 0 Å². The van der Waals surface area contributed by atoms with Crippen molar-refractivity contribution in [3.05, 3.63) is 47.5 Å². The molecule has 0 spiro atoms. The van der Waals surface area contributed by atoms with Gasteiger partial charge in [-0.25, -0.2) is 14.4 Å². The van der Waals surface area contributed by atoms with Crippen LogP contribution in [0.3, 0.4) is 0 Å². The average molecular weight is 483 g/mol. The van der Waals surface area contributed by atoms with Crippen molar-refractivity contribution >= 4 is 52.4 Å². The zero-order valence-electron chi connectivity index (χ0n) is 17.2. The summed E-state index contributed by atoms with van der Waals surface area (Å²) in [7, 11) is 2.88. The van der Waals surface area contributed by atoms with E-state index in [-0.39, 0.29) is 35.2 Å². The summed E-state index contributed by atoms with van der Waals surface area (Å²) in [6, 6.07) is 7.69. The van der Waals surface area contributed by atoms with Crippen LogP contribution in [0.2, 0.25) is 5.02 Å². The lowest BCUT2D eigenvalue weighted by atomic mass is 10.1. The number of ether oxygens (including phenoxy) is 3. The fourth-order valence-electron chi connectivity index (χ4n) is 3.44. The third-order valence-electron chi connectivity index (χ3n) is 5.00. The van der Waals surface area contributed by atoms with Gasteiger partial charge in [0.15, 0.2) is 17.3 Å². The lowest BCUT2D eigenvalue weighted by molar-refractivity contribution is -0.142. The Morgan fingerprint density at radius 1 is 1.25 bits per heavy atom. The molecule has 170 valence electrons. The number of nitrogens with zero attached hydrogens (tertiary/aromatic N) is 2. The molecule has 2 atom stereocenters. The van der Waals surface area contributed by atoms with E-state index in [1.54, 1.807) is 24.3 Å². The molecule has 11 heteroatoms. The van der Waals surface area contributed by atoms with Gasteiger partial charge in [-0.15, -0.1) is 12.4 Å². The maximum Gasteiger partial charge on any atom is 0.323 e. The number of fused-ring (bicyclic) bond motifs is 1. The minimum atomic E-state index is -0.577. The van der Waals surface area contributed by atoms with Gasteiger partial charge in [0, 0.05) is 24.4 Å². The van der Waals surface area contributed by atoms with E-state index >= 15 is 0 Å². The third-order valence-corrected chi connectivity index (χ3v) is 5.29. The van der Waals surface area contributed by atoms with Crippen LogP contribution in [0.15, 0.2) is 36.7 Å². The number of hydrogen-bond donors (Lipinski definition) is 2. The van der Waals surface area contributed by atoms with Gasteiger partial charge in [-0.1, -0.05) is 17.7 Å². The van der Waals surface area contributed by atoms with E-state index in [1.165, 1.54) is 26.6 Å². The molecule has 32 heavy (non-hydrogen) atoms. The minimum Gasteiger partial charge on any atom is -0.493 e. The Bertz CT molecular complexity index is 1130. The fraction of sp³-hybridized carbons (Fsp3) is 0.286. The lowest BCUT2D eigenvalue weighted by Gasteiger charge is -2.17. The van der Waals surface area contributed by atoms with Crippen molar-refractivity contribution in [2.24, 2.45) is 0 Å². The Morgan fingerprint density at radius 2 is 2.06 bits per heavy atom. The van der Waals surface area contributed by atoms with E-state index in [1.807, 2.05) is 0 Å². The van der Waals surface area contributed by atoms with Crippen LogP contribution in [-0.2, 0) is 9.53 Å². The number of halogens is 3. The second-order valence-electron chi connectivity index (χ2n) is 6.93. The van der Waals surface area contributed by atoms with Crippen molar-refractivity contribution in [1.82, 2.24) is 15.3 Å². The van der Waals surface area contributed by atoms with Crippen LogP contribution >= 0.6 is 24.0 Å². The standard InChI is InChI=1S/C21H20ClFN4O4.ClH/c1-29-17-8-15-12(7-18(17)31-11-6-16(24-9-11)21(28)30-2)20(26-10-25-15)27-14-5-3-4-13(22)19(14)23;/h3-5,7-8,10-11,16,24H,6,9H2,1-2H3,(H,25,26,27);1H/t11-,16+;/m1./s1. The highest BCUT2D eigenvalue weighted by atomic mass is 35.5. The van der Waals surface area contributed by atoms with Gasteiger partial charge in [-0.2, -0.15) is 0 Å². The van der Waals surface area contributed by atoms with Gasteiger partial charge in [0.1, 0.15) is 24.3 Å². The van der Waals surface area contributed by atoms with E-state index in [2.05, 4.69) is 20.6 Å². The van der Waals surface area contributed by atoms with Crippen LogP contribution in [0.25, 0.3) is 10.9 Å². The zero-order valence-corrected chi connectivity index (χ0v) is 18.8. The Morgan fingerprint density at radius 3 is 2.81 bits per heavy atom. The molecule has 1 aliphatic rings. The molecule has 0 amide bonds. The van der Waals surface area contributed by atoms with Gasteiger partial charge in [0.25, 0.3) is 0 Å². The van der Waals surface area contributed by atoms with Crippen LogP contribution in [0.5, 0.6) is 11.5 Å². The number of rotatable bonds is 6. The van der Waals surface area contributed by atoms with Crippen molar-refractivity contribution in [3.8, 4) is 11.5 Å². The second kappa shape index (κ2) is 10.2. The molecule has 0 bridgehead atoms. The summed E-state index contributed by atoms with van der Waals surface area (Å²) >= 11 is 5.88. The number of aromatic nitrogens is 2. The van der Waals surface area contributed by atoms with Crippen LogP contribution < -0.4 is 20.1 Å². The predicted molar refractivity (Wildman–Crippen MR) is 121 cm³/mol. The normalized spacial score (nSPS) is 17.5. The molecule has 2 aromatic carbocycles. The molecule has 0 radical (unpaired) electrons. The molecule has 4 rings (SSSR count). The first-order chi connectivity index (χ1) is 15.0. The molecular formula is C21H21Cl2FN4O4. The Labute approximate surface area is 194 Å². The SMILES string of the molecule is COC(=O)[C@@H]1C[C@@H](Oc2cc3c(Nc4cccc(Cl)c4F)ncnc3cc2OC)CN1.Cl. The molecule has 2 heterocycles. The average Bonchev–Trinajstić information content (AvgIpc) is 3.25. The Hall–Kier alpha value is -2.88. The molecule has 3 aromatic rings. The van der Waals surface area contributed by atoms with Crippen molar-refractivity contribution in [2.45, 2.75) is 18.6 Å². The minimum absolute atomic E-state index is 0. The number of hydrogen-bond acceptors (Lipinski definition) is 8. The number of nitrogens with one attached hydrogen (secondary N) is 2. The molecule has 8 nitrogen and oxygen atoms in total. The van der Waals surface area contributed by atoms with Gasteiger partial charge in [0.05, 0.1) is 30.4 Å². The molecule has 1 aromatic heterocycles. The summed E-state index contributed by atoms with van der Waals surface area (Å²) in [5.41, 5.74) is 0.771. The summed E-state index contributed by atoms with van der Waals surface area (Å²) in [6.45, 7) is 0.477. The smallest absolute Gasteiger partial charge is 0.323 e. The number of carbonyl (C=O) groups is 1. The highest BCUT2D eigenvalue weighted by Gasteiger charge is 2.32. The maximum absolute atomic E-state index is 14.4. The van der Waals surface area contributed by atoms with E-state index < -0.39 is 11.9 Å². The molecule has 1 fully saturated rings. The highest BCUT2D eigenvalue weighted by Crippen LogP contribution is 2.36. The summed E-state index contributed by atoms with van der Waals surface area (Å²) in [5.74, 6) is 0.409. The third kappa shape index (κ3) is 4.79. The first-order valence-corrected chi connectivity index (χ1v) is 9.89.